The minimum atomic E-state index is 0.445. The molecule has 1 nitrogen and oxygen atoms in total. The highest BCUT2D eigenvalue weighted by molar-refractivity contribution is 5.27. The van der Waals surface area contributed by atoms with Crippen LogP contribution in [0.4, 0.5) is 0 Å². The van der Waals surface area contributed by atoms with Crippen molar-refractivity contribution >= 4 is 0 Å². The van der Waals surface area contributed by atoms with Gasteiger partial charge in [-0.15, -0.1) is 0 Å². The second-order valence-electron chi connectivity index (χ2n) is 5.90. The maximum atomic E-state index is 6.01. The summed E-state index contributed by atoms with van der Waals surface area (Å²) in [6, 6.07) is 8.66. The quantitative estimate of drug-likeness (QED) is 0.745. The summed E-state index contributed by atoms with van der Waals surface area (Å²) in [5.74, 6) is 2.59. The van der Waals surface area contributed by atoms with Crippen molar-refractivity contribution in [3.8, 4) is 5.75 Å². The average molecular weight is 232 g/mol. The predicted molar refractivity (Wildman–Crippen MR) is 72.4 cm³/mol. The smallest absolute Gasteiger partial charge is 0.119 e. The van der Waals surface area contributed by atoms with Gasteiger partial charge in [-0.3, -0.25) is 0 Å². The van der Waals surface area contributed by atoms with E-state index in [1.807, 2.05) is 0 Å². The molecule has 0 aliphatic heterocycles. The van der Waals surface area contributed by atoms with Crippen LogP contribution in [0.2, 0.25) is 0 Å². The number of hydrogen-bond donors (Lipinski definition) is 0. The standard InChI is InChI=1S/C16H24O/c1-12(2)10-14-5-8-15(9-6-14)17-16-7-4-13(3)11-16/h5-6,8-9,12-13,16H,4,7,10-11H2,1-3H3/t13-,16+/m1/s1. The molecule has 1 aliphatic rings. The van der Waals surface area contributed by atoms with Crippen molar-refractivity contribution in [3.05, 3.63) is 29.8 Å². The van der Waals surface area contributed by atoms with Gasteiger partial charge in [0, 0.05) is 0 Å². The Hall–Kier alpha value is -0.980. The molecule has 1 aromatic rings. The summed E-state index contributed by atoms with van der Waals surface area (Å²) in [6.07, 6.45) is 5.35. The molecule has 17 heavy (non-hydrogen) atoms. The summed E-state index contributed by atoms with van der Waals surface area (Å²) in [6.45, 7) is 6.82. The van der Waals surface area contributed by atoms with Crippen molar-refractivity contribution in [1.82, 2.24) is 0 Å². The highest BCUT2D eigenvalue weighted by Crippen LogP contribution is 2.28. The predicted octanol–water partition coefficient (Wildman–Crippen LogP) is 4.45. The van der Waals surface area contributed by atoms with E-state index in [4.69, 9.17) is 4.74 Å². The molecule has 2 rings (SSSR count). The van der Waals surface area contributed by atoms with Crippen LogP contribution < -0.4 is 4.74 Å². The lowest BCUT2D eigenvalue weighted by Gasteiger charge is -2.14. The molecule has 0 saturated heterocycles. The summed E-state index contributed by atoms with van der Waals surface area (Å²) < 4.78 is 6.01. The first-order valence-corrected chi connectivity index (χ1v) is 6.89. The van der Waals surface area contributed by atoms with Crippen LogP contribution in [-0.4, -0.2) is 6.10 Å². The number of hydrogen-bond acceptors (Lipinski definition) is 1. The van der Waals surface area contributed by atoms with Crippen LogP contribution in [0.5, 0.6) is 5.75 Å². The average Bonchev–Trinajstić information content (AvgIpc) is 2.66. The van der Waals surface area contributed by atoms with Gasteiger partial charge in [0.15, 0.2) is 0 Å². The zero-order chi connectivity index (χ0) is 12.3. The first-order valence-electron chi connectivity index (χ1n) is 6.89. The number of ether oxygens (including phenoxy) is 1. The lowest BCUT2D eigenvalue weighted by Crippen LogP contribution is -2.11. The van der Waals surface area contributed by atoms with Gasteiger partial charge < -0.3 is 4.74 Å². The molecule has 0 spiro atoms. The highest BCUT2D eigenvalue weighted by Gasteiger charge is 2.22. The van der Waals surface area contributed by atoms with E-state index in [1.54, 1.807) is 0 Å². The Morgan fingerprint density at radius 2 is 1.88 bits per heavy atom. The third kappa shape index (κ3) is 3.76. The number of benzene rings is 1. The van der Waals surface area contributed by atoms with E-state index in [-0.39, 0.29) is 0 Å². The Balaban J connectivity index is 1.89. The minimum absolute atomic E-state index is 0.445. The Morgan fingerprint density at radius 1 is 1.18 bits per heavy atom. The third-order valence-electron chi connectivity index (χ3n) is 3.52. The van der Waals surface area contributed by atoms with Gasteiger partial charge in [-0.2, -0.15) is 0 Å². The van der Waals surface area contributed by atoms with Crippen molar-refractivity contribution in [2.24, 2.45) is 11.8 Å². The zero-order valence-corrected chi connectivity index (χ0v) is 11.3. The third-order valence-corrected chi connectivity index (χ3v) is 3.52. The van der Waals surface area contributed by atoms with Crippen molar-refractivity contribution in [2.75, 3.05) is 0 Å². The fraction of sp³-hybridized carbons (Fsp3) is 0.625. The maximum Gasteiger partial charge on any atom is 0.119 e. The molecule has 0 N–H and O–H groups in total. The summed E-state index contributed by atoms with van der Waals surface area (Å²) in [5.41, 5.74) is 1.41. The molecule has 0 bridgehead atoms. The van der Waals surface area contributed by atoms with Gasteiger partial charge in [-0.05, 0) is 55.2 Å². The van der Waals surface area contributed by atoms with E-state index < -0.39 is 0 Å². The number of rotatable bonds is 4. The van der Waals surface area contributed by atoms with Crippen LogP contribution in [0.15, 0.2) is 24.3 Å². The molecule has 94 valence electrons. The largest absolute Gasteiger partial charge is 0.490 e. The van der Waals surface area contributed by atoms with Crippen LogP contribution in [0.1, 0.15) is 45.6 Å². The SMILES string of the molecule is CC(C)Cc1ccc(O[C@H]2CC[C@@H](C)C2)cc1. The van der Waals surface area contributed by atoms with E-state index in [0.29, 0.717) is 6.10 Å². The van der Waals surface area contributed by atoms with Gasteiger partial charge in [0.05, 0.1) is 6.10 Å². The van der Waals surface area contributed by atoms with Gasteiger partial charge in [0.1, 0.15) is 5.75 Å². The van der Waals surface area contributed by atoms with E-state index in [2.05, 4.69) is 45.0 Å². The van der Waals surface area contributed by atoms with E-state index in [0.717, 1.165) is 24.0 Å². The highest BCUT2D eigenvalue weighted by atomic mass is 16.5. The Kier molecular flexibility index (Phi) is 4.09. The molecule has 0 amide bonds. The van der Waals surface area contributed by atoms with E-state index in [1.165, 1.54) is 24.8 Å². The van der Waals surface area contributed by atoms with Gasteiger partial charge >= 0.3 is 0 Å². The second-order valence-corrected chi connectivity index (χ2v) is 5.90. The molecule has 2 atom stereocenters. The molecule has 0 aromatic heterocycles. The van der Waals surface area contributed by atoms with Crippen LogP contribution in [-0.2, 0) is 6.42 Å². The van der Waals surface area contributed by atoms with Crippen LogP contribution in [0.3, 0.4) is 0 Å². The lowest BCUT2D eigenvalue weighted by molar-refractivity contribution is 0.205. The van der Waals surface area contributed by atoms with Crippen molar-refractivity contribution in [3.63, 3.8) is 0 Å². The zero-order valence-electron chi connectivity index (χ0n) is 11.3. The first kappa shape index (κ1) is 12.5. The van der Waals surface area contributed by atoms with Gasteiger partial charge in [0.2, 0.25) is 0 Å². The molecule has 1 heteroatoms. The molecule has 1 aliphatic carbocycles. The summed E-state index contributed by atoms with van der Waals surface area (Å²) >= 11 is 0. The fourth-order valence-electron chi connectivity index (χ4n) is 2.63. The maximum absolute atomic E-state index is 6.01. The van der Waals surface area contributed by atoms with Crippen LogP contribution in [0.25, 0.3) is 0 Å². The molecule has 0 heterocycles. The monoisotopic (exact) mass is 232 g/mol. The van der Waals surface area contributed by atoms with Gasteiger partial charge in [-0.1, -0.05) is 32.9 Å². The molecule has 1 fully saturated rings. The Morgan fingerprint density at radius 3 is 2.41 bits per heavy atom. The molecular formula is C16H24O. The topological polar surface area (TPSA) is 9.23 Å². The van der Waals surface area contributed by atoms with E-state index >= 15 is 0 Å². The second kappa shape index (κ2) is 5.57. The molecule has 0 radical (unpaired) electrons. The Bertz CT molecular complexity index is 339. The summed E-state index contributed by atoms with van der Waals surface area (Å²) in [5, 5.41) is 0. The van der Waals surface area contributed by atoms with Gasteiger partial charge in [-0.25, -0.2) is 0 Å². The summed E-state index contributed by atoms with van der Waals surface area (Å²) in [7, 11) is 0. The summed E-state index contributed by atoms with van der Waals surface area (Å²) in [4.78, 5) is 0. The minimum Gasteiger partial charge on any atom is -0.490 e. The van der Waals surface area contributed by atoms with Crippen LogP contribution in [0, 0.1) is 11.8 Å². The molecular weight excluding hydrogens is 208 g/mol. The first-order chi connectivity index (χ1) is 8.13. The molecule has 1 aromatic carbocycles. The molecule has 0 unspecified atom stereocenters. The Labute approximate surface area is 105 Å². The van der Waals surface area contributed by atoms with E-state index in [9.17, 15) is 0 Å². The normalized spacial score (nSPS) is 24.2. The van der Waals surface area contributed by atoms with Crippen molar-refractivity contribution < 1.29 is 4.74 Å². The van der Waals surface area contributed by atoms with Crippen molar-refractivity contribution in [1.29, 1.82) is 0 Å². The van der Waals surface area contributed by atoms with Crippen LogP contribution >= 0.6 is 0 Å². The van der Waals surface area contributed by atoms with Gasteiger partial charge in [0.25, 0.3) is 0 Å². The van der Waals surface area contributed by atoms with Crippen molar-refractivity contribution in [2.45, 2.75) is 52.6 Å². The fourth-order valence-corrected chi connectivity index (χ4v) is 2.63. The lowest BCUT2D eigenvalue weighted by atomic mass is 10.0. The molecule has 1 saturated carbocycles.